The Kier molecular flexibility index (Phi) is 1.59. The van der Waals surface area contributed by atoms with Crippen LogP contribution < -0.4 is 0 Å². The average molecular weight is 155 g/mol. The summed E-state index contributed by atoms with van der Waals surface area (Å²) in [7, 11) is 0. The molecule has 1 atom stereocenters. The summed E-state index contributed by atoms with van der Waals surface area (Å²) in [4.78, 5) is 0. The Bertz CT molecular complexity index is 244. The van der Waals surface area contributed by atoms with Crippen LogP contribution >= 0.6 is 0 Å². The zero-order valence-electron chi connectivity index (χ0n) is 5.95. The van der Waals surface area contributed by atoms with Crippen molar-refractivity contribution in [1.29, 1.82) is 0 Å². The van der Waals surface area contributed by atoms with E-state index in [0.29, 0.717) is 6.42 Å². The molecule has 1 saturated heterocycles. The Labute approximate surface area is 63.4 Å². The first kappa shape index (κ1) is 6.75. The lowest BCUT2D eigenvalue weighted by atomic mass is 10.2. The maximum atomic E-state index is 8.64. The highest BCUT2D eigenvalue weighted by atomic mass is 16.6. The van der Waals surface area contributed by atoms with E-state index >= 15 is 0 Å². The van der Waals surface area contributed by atoms with Gasteiger partial charge >= 0.3 is 0 Å². The summed E-state index contributed by atoms with van der Waals surface area (Å²) in [6.45, 7) is 0.831. The summed E-state index contributed by atoms with van der Waals surface area (Å²) >= 11 is 0. The molecule has 0 aromatic carbocycles. The molecule has 2 N–H and O–H groups in total. The average Bonchev–Trinajstić information content (AvgIpc) is 2.75. The highest BCUT2D eigenvalue weighted by Crippen LogP contribution is 2.29. The quantitative estimate of drug-likeness (QED) is 0.572. The molecule has 11 heavy (non-hydrogen) atoms. The highest BCUT2D eigenvalue weighted by molar-refractivity contribution is 5.15. The van der Waals surface area contributed by atoms with Gasteiger partial charge in [0.05, 0.1) is 12.3 Å². The van der Waals surface area contributed by atoms with Crippen molar-refractivity contribution < 1.29 is 9.84 Å². The number of hydrogen-bond acceptors (Lipinski definition) is 4. The first-order valence-corrected chi connectivity index (χ1v) is 3.54. The molecule has 1 fully saturated rings. The summed E-state index contributed by atoms with van der Waals surface area (Å²) in [6.07, 6.45) is 0.668. The molecule has 0 aliphatic carbocycles. The van der Waals surface area contributed by atoms with E-state index < -0.39 is 0 Å². The van der Waals surface area contributed by atoms with E-state index in [-0.39, 0.29) is 12.7 Å². The third-order valence-corrected chi connectivity index (χ3v) is 1.64. The molecule has 0 saturated carbocycles. The molecular weight excluding hydrogens is 146 g/mol. The summed E-state index contributed by atoms with van der Waals surface area (Å²) in [5.41, 5.74) is 1.66. The number of hydrogen-bond donors (Lipinski definition) is 2. The second kappa shape index (κ2) is 2.60. The van der Waals surface area contributed by atoms with Gasteiger partial charge in [0.25, 0.3) is 0 Å². The van der Waals surface area contributed by atoms with E-state index in [9.17, 15) is 0 Å². The minimum atomic E-state index is 0.103. The Morgan fingerprint density at radius 1 is 1.64 bits per heavy atom. The van der Waals surface area contributed by atoms with Gasteiger partial charge in [-0.25, -0.2) is 0 Å². The van der Waals surface area contributed by atoms with Crippen molar-refractivity contribution in [2.45, 2.75) is 12.5 Å². The molecule has 5 heteroatoms. The summed E-state index contributed by atoms with van der Waals surface area (Å²) < 4.78 is 5.04. The fraction of sp³-hybridized carbons (Fsp3) is 0.667. The van der Waals surface area contributed by atoms with Gasteiger partial charge in [-0.05, 0) is 0 Å². The van der Waals surface area contributed by atoms with E-state index in [0.717, 1.165) is 18.0 Å². The minimum absolute atomic E-state index is 0.103. The normalized spacial score (nSPS) is 22.1. The number of H-pyrrole nitrogens is 1. The predicted octanol–water partition coefficient (Wildman–Crippen LogP) is -0.589. The van der Waals surface area contributed by atoms with E-state index in [1.165, 1.54) is 0 Å². The standard InChI is InChI=1S/C6H9N3O2/c10-2-1-4-6(5-3-11-5)8-9-7-4/h5,10H,1-3H2,(H,7,8,9). The van der Waals surface area contributed by atoms with Crippen molar-refractivity contribution in [2.75, 3.05) is 13.2 Å². The largest absolute Gasteiger partial charge is 0.396 e. The molecule has 0 radical (unpaired) electrons. The van der Waals surface area contributed by atoms with Crippen LogP contribution in [0.25, 0.3) is 0 Å². The lowest BCUT2D eigenvalue weighted by molar-refractivity contribution is 0.297. The predicted molar refractivity (Wildman–Crippen MR) is 35.9 cm³/mol. The summed E-state index contributed by atoms with van der Waals surface area (Å²) in [5, 5.41) is 19.0. The topological polar surface area (TPSA) is 74.3 Å². The van der Waals surface area contributed by atoms with Gasteiger partial charge < -0.3 is 9.84 Å². The maximum absolute atomic E-state index is 8.64. The van der Waals surface area contributed by atoms with Gasteiger partial charge in [0.15, 0.2) is 0 Å². The van der Waals surface area contributed by atoms with Crippen molar-refractivity contribution >= 4 is 0 Å². The third kappa shape index (κ3) is 1.24. The molecule has 1 aliphatic rings. The van der Waals surface area contributed by atoms with E-state index in [1.54, 1.807) is 0 Å². The van der Waals surface area contributed by atoms with Gasteiger partial charge in [0.1, 0.15) is 11.8 Å². The van der Waals surface area contributed by atoms with Crippen molar-refractivity contribution in [3.63, 3.8) is 0 Å². The van der Waals surface area contributed by atoms with Crippen LogP contribution in [0.15, 0.2) is 0 Å². The first-order chi connectivity index (χ1) is 5.42. The SMILES string of the molecule is OCCc1n[nH]nc1C1CO1. The third-order valence-electron chi connectivity index (χ3n) is 1.64. The number of rotatable bonds is 3. The van der Waals surface area contributed by atoms with Crippen molar-refractivity contribution in [3.05, 3.63) is 11.4 Å². The van der Waals surface area contributed by atoms with E-state index in [4.69, 9.17) is 9.84 Å². The molecule has 1 aromatic rings. The number of aromatic nitrogens is 3. The molecule has 0 amide bonds. The Hall–Kier alpha value is -0.940. The number of aromatic amines is 1. The fourth-order valence-electron chi connectivity index (χ4n) is 1.01. The Balaban J connectivity index is 2.16. The van der Waals surface area contributed by atoms with Gasteiger partial charge in [0, 0.05) is 13.0 Å². The highest BCUT2D eigenvalue weighted by Gasteiger charge is 2.30. The molecule has 0 bridgehead atoms. The second-order valence-corrected chi connectivity index (χ2v) is 2.45. The minimum Gasteiger partial charge on any atom is -0.396 e. The van der Waals surface area contributed by atoms with Crippen molar-refractivity contribution in [1.82, 2.24) is 15.4 Å². The molecular formula is C6H9N3O2. The van der Waals surface area contributed by atoms with Crippen LogP contribution in [0.2, 0.25) is 0 Å². The number of ether oxygens (including phenoxy) is 1. The number of aliphatic hydroxyl groups excluding tert-OH is 1. The van der Waals surface area contributed by atoms with Crippen LogP contribution in [0, 0.1) is 0 Å². The molecule has 2 heterocycles. The van der Waals surface area contributed by atoms with Crippen molar-refractivity contribution in [2.24, 2.45) is 0 Å². The number of aliphatic hydroxyl groups is 1. The summed E-state index contributed by atoms with van der Waals surface area (Å²) in [5.74, 6) is 0. The van der Waals surface area contributed by atoms with Gasteiger partial charge in [-0.1, -0.05) is 0 Å². The fourth-order valence-corrected chi connectivity index (χ4v) is 1.01. The molecule has 1 aliphatic heterocycles. The smallest absolute Gasteiger partial charge is 0.127 e. The Morgan fingerprint density at radius 2 is 2.45 bits per heavy atom. The van der Waals surface area contributed by atoms with E-state index in [1.807, 2.05) is 0 Å². The molecule has 60 valence electrons. The molecule has 5 nitrogen and oxygen atoms in total. The number of epoxide rings is 1. The Morgan fingerprint density at radius 3 is 3.09 bits per heavy atom. The van der Waals surface area contributed by atoms with Crippen LogP contribution in [-0.4, -0.2) is 33.7 Å². The summed E-state index contributed by atoms with van der Waals surface area (Å²) in [6, 6.07) is 0. The molecule has 1 unspecified atom stereocenters. The maximum Gasteiger partial charge on any atom is 0.127 e. The van der Waals surface area contributed by atoms with Gasteiger partial charge in [-0.3, -0.25) is 0 Å². The molecule has 2 rings (SSSR count). The zero-order chi connectivity index (χ0) is 7.68. The van der Waals surface area contributed by atoms with E-state index in [2.05, 4.69) is 15.4 Å². The number of nitrogens with zero attached hydrogens (tertiary/aromatic N) is 2. The first-order valence-electron chi connectivity index (χ1n) is 3.54. The van der Waals surface area contributed by atoms with Crippen LogP contribution in [0.5, 0.6) is 0 Å². The van der Waals surface area contributed by atoms with Crippen LogP contribution in [0.1, 0.15) is 17.5 Å². The van der Waals surface area contributed by atoms with Crippen LogP contribution in [-0.2, 0) is 11.2 Å². The van der Waals surface area contributed by atoms with Crippen molar-refractivity contribution in [3.8, 4) is 0 Å². The monoisotopic (exact) mass is 155 g/mol. The zero-order valence-corrected chi connectivity index (χ0v) is 5.95. The van der Waals surface area contributed by atoms with Gasteiger partial charge in [-0.2, -0.15) is 15.4 Å². The second-order valence-electron chi connectivity index (χ2n) is 2.45. The lowest BCUT2D eigenvalue weighted by Gasteiger charge is -1.91. The molecule has 0 spiro atoms. The lowest BCUT2D eigenvalue weighted by Crippen LogP contribution is -1.95. The van der Waals surface area contributed by atoms with Gasteiger partial charge in [0.2, 0.25) is 0 Å². The van der Waals surface area contributed by atoms with Gasteiger partial charge in [-0.15, -0.1) is 0 Å². The van der Waals surface area contributed by atoms with Crippen LogP contribution in [0.4, 0.5) is 0 Å². The molecule has 1 aromatic heterocycles. The number of nitrogens with one attached hydrogen (secondary N) is 1. The van der Waals surface area contributed by atoms with Crippen LogP contribution in [0.3, 0.4) is 0 Å².